The molecule has 152 valence electrons. The molecule has 0 bridgehead atoms. The van der Waals surface area contributed by atoms with E-state index in [4.69, 9.17) is 16.3 Å². The number of likely N-dealkylation sites (N-methyl/N-ethyl adjacent to an activating group) is 1. The van der Waals surface area contributed by atoms with Gasteiger partial charge in [0.15, 0.2) is 6.61 Å². The molecule has 0 aliphatic carbocycles. The van der Waals surface area contributed by atoms with Crippen LogP contribution in [0.15, 0.2) is 53.6 Å². The van der Waals surface area contributed by atoms with E-state index in [2.05, 4.69) is 61.3 Å². The van der Waals surface area contributed by atoms with Gasteiger partial charge in [-0.1, -0.05) is 23.7 Å². The number of carbonyl (C=O) groups excluding carboxylic acids is 1. The van der Waals surface area contributed by atoms with Crippen molar-refractivity contribution in [1.29, 1.82) is 0 Å². The zero-order valence-corrected chi connectivity index (χ0v) is 18.0. The molecule has 1 aliphatic heterocycles. The average Bonchev–Trinajstić information content (AvgIpc) is 2.67. The highest BCUT2D eigenvalue weighted by Crippen LogP contribution is 2.38. The van der Waals surface area contributed by atoms with E-state index in [0.717, 1.165) is 12.1 Å². The van der Waals surface area contributed by atoms with Gasteiger partial charge in [0.2, 0.25) is 0 Å². The Morgan fingerprint density at radius 1 is 1.24 bits per heavy atom. The Kier molecular flexibility index (Phi) is 6.28. The van der Waals surface area contributed by atoms with Crippen LogP contribution in [0.3, 0.4) is 0 Å². The van der Waals surface area contributed by atoms with E-state index in [1.165, 1.54) is 16.8 Å². The average molecular weight is 412 g/mol. The molecule has 6 heteroatoms. The summed E-state index contributed by atoms with van der Waals surface area (Å²) in [5.74, 6) is 0.248. The molecule has 1 amide bonds. The summed E-state index contributed by atoms with van der Waals surface area (Å²) in [6.07, 6.45) is 3.93. The highest BCUT2D eigenvalue weighted by atomic mass is 35.5. The van der Waals surface area contributed by atoms with Crippen LogP contribution in [0.25, 0.3) is 5.57 Å². The second-order valence-electron chi connectivity index (χ2n) is 7.54. The normalized spacial score (nSPS) is 15.1. The minimum Gasteiger partial charge on any atom is -0.484 e. The molecule has 0 atom stereocenters. The van der Waals surface area contributed by atoms with Crippen LogP contribution in [-0.4, -0.2) is 30.8 Å². The smallest absolute Gasteiger partial charge is 0.277 e. The predicted octanol–water partition coefficient (Wildman–Crippen LogP) is 4.89. The molecule has 2 aromatic carbocycles. The Labute approximate surface area is 177 Å². The van der Waals surface area contributed by atoms with Crippen molar-refractivity contribution in [2.75, 3.05) is 18.1 Å². The first-order valence-corrected chi connectivity index (χ1v) is 10.00. The van der Waals surface area contributed by atoms with Gasteiger partial charge >= 0.3 is 0 Å². The SMILES string of the molecule is CCN1c2ccc(/C=N/NC(=O)COc3ccc(Cl)cc3)cc2C(C)=CC1(C)C. The zero-order valence-electron chi connectivity index (χ0n) is 17.2. The summed E-state index contributed by atoms with van der Waals surface area (Å²) in [7, 11) is 0. The summed E-state index contributed by atoms with van der Waals surface area (Å²) in [5.41, 5.74) is 7.05. The maximum Gasteiger partial charge on any atom is 0.277 e. The Bertz CT molecular complexity index is 949. The standard InChI is InChI=1S/C23H26ClN3O2/c1-5-27-21-11-6-17(12-20(21)16(2)13-23(27,3)4)14-25-26-22(28)15-29-19-9-7-18(24)8-10-19/h6-14H,5,15H2,1-4H3,(H,26,28)/b25-14+. The molecule has 0 aromatic heterocycles. The van der Waals surface area contributed by atoms with Crippen LogP contribution in [0.5, 0.6) is 5.75 Å². The van der Waals surface area contributed by atoms with Crippen LogP contribution in [0, 0.1) is 0 Å². The molecular formula is C23H26ClN3O2. The van der Waals surface area contributed by atoms with E-state index >= 15 is 0 Å². The van der Waals surface area contributed by atoms with Gasteiger partial charge in [-0.2, -0.15) is 5.10 Å². The molecular weight excluding hydrogens is 386 g/mol. The molecule has 29 heavy (non-hydrogen) atoms. The first kappa shape index (κ1) is 20.9. The minimum atomic E-state index is -0.329. The lowest BCUT2D eigenvalue weighted by atomic mass is 9.88. The summed E-state index contributed by atoms with van der Waals surface area (Å²) in [6, 6.07) is 13.1. The van der Waals surface area contributed by atoms with Gasteiger partial charge in [0.05, 0.1) is 11.8 Å². The van der Waals surface area contributed by atoms with E-state index in [1.807, 2.05) is 6.07 Å². The quantitative estimate of drug-likeness (QED) is 0.543. The van der Waals surface area contributed by atoms with Crippen LogP contribution in [0.1, 0.15) is 38.8 Å². The lowest BCUT2D eigenvalue weighted by molar-refractivity contribution is -0.123. The third kappa shape index (κ3) is 4.98. The molecule has 1 heterocycles. The molecule has 3 rings (SSSR count). The number of fused-ring (bicyclic) bond motifs is 1. The van der Waals surface area contributed by atoms with E-state index in [1.54, 1.807) is 30.5 Å². The number of hydrogen-bond acceptors (Lipinski definition) is 4. The van der Waals surface area contributed by atoms with E-state index < -0.39 is 0 Å². The van der Waals surface area contributed by atoms with Crippen molar-refractivity contribution < 1.29 is 9.53 Å². The van der Waals surface area contributed by atoms with Gasteiger partial charge in [-0.3, -0.25) is 4.79 Å². The number of benzene rings is 2. The van der Waals surface area contributed by atoms with Crippen molar-refractivity contribution in [3.63, 3.8) is 0 Å². The van der Waals surface area contributed by atoms with Gasteiger partial charge < -0.3 is 9.64 Å². The lowest BCUT2D eigenvalue weighted by Gasteiger charge is -2.42. The number of ether oxygens (including phenoxy) is 1. The number of anilines is 1. The number of allylic oxidation sites excluding steroid dienone is 1. The fourth-order valence-electron chi connectivity index (χ4n) is 3.65. The van der Waals surface area contributed by atoms with Crippen molar-refractivity contribution in [3.8, 4) is 5.75 Å². The van der Waals surface area contributed by atoms with E-state index in [-0.39, 0.29) is 18.1 Å². The number of carbonyl (C=O) groups is 1. The summed E-state index contributed by atoms with van der Waals surface area (Å²) in [6.45, 7) is 9.55. The molecule has 5 nitrogen and oxygen atoms in total. The Hall–Kier alpha value is -2.79. The molecule has 2 aromatic rings. The first-order valence-electron chi connectivity index (χ1n) is 9.62. The molecule has 0 saturated carbocycles. The maximum absolute atomic E-state index is 11.9. The van der Waals surface area contributed by atoms with Crippen molar-refractivity contribution in [2.45, 2.75) is 33.2 Å². The van der Waals surface area contributed by atoms with Crippen molar-refractivity contribution in [3.05, 3.63) is 64.7 Å². The second kappa shape index (κ2) is 8.70. The number of amides is 1. The molecule has 0 fully saturated rings. The van der Waals surface area contributed by atoms with Gasteiger partial charge in [-0.15, -0.1) is 0 Å². The van der Waals surface area contributed by atoms with Gasteiger partial charge in [0, 0.05) is 22.8 Å². The van der Waals surface area contributed by atoms with Crippen LogP contribution in [-0.2, 0) is 4.79 Å². The van der Waals surface area contributed by atoms with Crippen molar-refractivity contribution in [1.82, 2.24) is 5.43 Å². The van der Waals surface area contributed by atoms with Crippen LogP contribution >= 0.6 is 11.6 Å². The number of nitrogens with zero attached hydrogens (tertiary/aromatic N) is 2. The lowest BCUT2D eigenvalue weighted by Crippen LogP contribution is -2.44. The molecule has 0 radical (unpaired) electrons. The highest BCUT2D eigenvalue weighted by molar-refractivity contribution is 6.30. The topological polar surface area (TPSA) is 53.9 Å². The fourth-order valence-corrected chi connectivity index (χ4v) is 3.78. The number of hydrazone groups is 1. The predicted molar refractivity (Wildman–Crippen MR) is 120 cm³/mol. The van der Waals surface area contributed by atoms with Crippen LogP contribution in [0.2, 0.25) is 5.02 Å². The van der Waals surface area contributed by atoms with Crippen molar-refractivity contribution >= 4 is 35.0 Å². The third-order valence-corrected chi connectivity index (χ3v) is 5.16. The summed E-state index contributed by atoms with van der Waals surface area (Å²) < 4.78 is 5.40. The Balaban J connectivity index is 1.62. The summed E-state index contributed by atoms with van der Waals surface area (Å²) in [4.78, 5) is 14.3. The fraction of sp³-hybridized carbons (Fsp3) is 0.304. The third-order valence-electron chi connectivity index (χ3n) is 4.90. The van der Waals surface area contributed by atoms with Crippen LogP contribution in [0.4, 0.5) is 5.69 Å². The first-order chi connectivity index (χ1) is 13.8. The van der Waals surface area contributed by atoms with Gasteiger partial charge in [-0.05, 0) is 75.2 Å². The van der Waals surface area contributed by atoms with E-state index in [0.29, 0.717) is 10.8 Å². The molecule has 0 spiro atoms. The largest absolute Gasteiger partial charge is 0.484 e. The molecule has 1 aliphatic rings. The zero-order chi connectivity index (χ0) is 21.0. The van der Waals surface area contributed by atoms with Gasteiger partial charge in [-0.25, -0.2) is 5.43 Å². The second-order valence-corrected chi connectivity index (χ2v) is 7.97. The van der Waals surface area contributed by atoms with Gasteiger partial charge in [0.1, 0.15) is 5.75 Å². The molecule has 0 unspecified atom stereocenters. The van der Waals surface area contributed by atoms with E-state index in [9.17, 15) is 4.79 Å². The number of nitrogens with one attached hydrogen (secondary N) is 1. The van der Waals surface area contributed by atoms with Crippen molar-refractivity contribution in [2.24, 2.45) is 5.10 Å². The highest BCUT2D eigenvalue weighted by Gasteiger charge is 2.29. The summed E-state index contributed by atoms with van der Waals surface area (Å²) in [5, 5.41) is 4.67. The number of hydrogen-bond donors (Lipinski definition) is 1. The number of rotatable bonds is 6. The molecule has 1 N–H and O–H groups in total. The number of halogens is 1. The molecule has 0 saturated heterocycles. The monoisotopic (exact) mass is 411 g/mol. The summed E-state index contributed by atoms with van der Waals surface area (Å²) >= 11 is 5.82. The van der Waals surface area contributed by atoms with Crippen LogP contribution < -0.4 is 15.1 Å². The Morgan fingerprint density at radius 2 is 1.97 bits per heavy atom. The maximum atomic E-state index is 11.9. The van der Waals surface area contributed by atoms with Gasteiger partial charge in [0.25, 0.3) is 5.91 Å². The Morgan fingerprint density at radius 3 is 2.66 bits per heavy atom. The minimum absolute atomic E-state index is 0.0144.